The number of nitrogens with zero attached hydrogens (tertiary/aromatic N) is 2. The summed E-state index contributed by atoms with van der Waals surface area (Å²) >= 11 is 0. The number of rotatable bonds is 3. The normalized spacial score (nSPS) is 20.8. The Hall–Kier alpha value is -1.80. The number of halogens is 3. The molecule has 0 atom stereocenters. The third-order valence-corrected chi connectivity index (χ3v) is 4.47. The Bertz CT molecular complexity index is 594. The van der Waals surface area contributed by atoms with Gasteiger partial charge in [0, 0.05) is 37.8 Å². The summed E-state index contributed by atoms with van der Waals surface area (Å²) in [6, 6.07) is 5.52. The van der Waals surface area contributed by atoms with Crippen LogP contribution in [0.25, 0.3) is 0 Å². The fraction of sp³-hybridized carbons (Fsp3) is 0.562. The third-order valence-electron chi connectivity index (χ3n) is 4.47. The third kappa shape index (κ3) is 3.99. The molecule has 5 nitrogen and oxygen atoms in total. The number of carbonyl (C=O) groups is 1. The number of amides is 1. The summed E-state index contributed by atoms with van der Waals surface area (Å²) in [6.07, 6.45) is -3.42. The molecule has 0 radical (unpaired) electrons. The van der Waals surface area contributed by atoms with Gasteiger partial charge in [-0.05, 0) is 31.0 Å². The number of hydrogen-bond donors (Lipinski definition) is 1. The van der Waals surface area contributed by atoms with Crippen LogP contribution in [-0.4, -0.2) is 65.5 Å². The molecule has 2 fully saturated rings. The number of ether oxygens (including phenoxy) is 1. The van der Waals surface area contributed by atoms with Gasteiger partial charge in [0.1, 0.15) is 5.75 Å². The quantitative estimate of drug-likeness (QED) is 0.910. The van der Waals surface area contributed by atoms with Crippen molar-refractivity contribution in [1.29, 1.82) is 0 Å². The maximum atomic E-state index is 12.5. The van der Waals surface area contributed by atoms with Gasteiger partial charge < -0.3 is 14.7 Å². The molecule has 3 rings (SSSR count). The first-order valence-corrected chi connectivity index (χ1v) is 7.89. The second kappa shape index (κ2) is 6.60. The number of β-amino-alcohol motifs (C(OH)–C–C–N with tert-alkyl or cyclic N) is 1. The molecule has 0 saturated carbocycles. The van der Waals surface area contributed by atoms with Crippen molar-refractivity contribution in [2.75, 3.05) is 26.2 Å². The SMILES string of the molecule is O=C(c1cccc(OC(F)(F)F)c1)N1CCC(N2CC(O)C2)CC1. The highest BCUT2D eigenvalue weighted by Crippen LogP contribution is 2.26. The Labute approximate surface area is 137 Å². The van der Waals surface area contributed by atoms with E-state index in [9.17, 15) is 23.1 Å². The van der Waals surface area contributed by atoms with E-state index in [1.165, 1.54) is 18.2 Å². The van der Waals surface area contributed by atoms with Crippen molar-refractivity contribution in [3.8, 4) is 5.75 Å². The summed E-state index contributed by atoms with van der Waals surface area (Å²) in [7, 11) is 0. The molecule has 0 aliphatic carbocycles. The molecule has 2 saturated heterocycles. The summed E-state index contributed by atoms with van der Waals surface area (Å²) in [5, 5.41) is 9.35. The number of aliphatic hydroxyl groups is 1. The first kappa shape index (κ1) is 17.0. The summed E-state index contributed by atoms with van der Waals surface area (Å²) < 4.78 is 40.7. The predicted octanol–water partition coefficient (Wildman–Crippen LogP) is 1.87. The first-order chi connectivity index (χ1) is 11.3. The molecular weight excluding hydrogens is 325 g/mol. The molecule has 24 heavy (non-hydrogen) atoms. The Kier molecular flexibility index (Phi) is 4.69. The molecule has 1 amide bonds. The van der Waals surface area contributed by atoms with Gasteiger partial charge in [0.2, 0.25) is 0 Å². The number of hydrogen-bond acceptors (Lipinski definition) is 4. The number of carbonyl (C=O) groups excluding carboxylic acids is 1. The van der Waals surface area contributed by atoms with Gasteiger partial charge in [0.05, 0.1) is 6.10 Å². The van der Waals surface area contributed by atoms with Crippen LogP contribution in [0.2, 0.25) is 0 Å². The van der Waals surface area contributed by atoms with Crippen LogP contribution in [0.5, 0.6) is 5.75 Å². The topological polar surface area (TPSA) is 53.0 Å². The van der Waals surface area contributed by atoms with E-state index < -0.39 is 12.1 Å². The summed E-state index contributed by atoms with van der Waals surface area (Å²) in [6.45, 7) is 2.46. The average molecular weight is 344 g/mol. The number of benzene rings is 1. The number of alkyl halides is 3. The van der Waals surface area contributed by atoms with Crippen LogP contribution in [0.4, 0.5) is 13.2 Å². The molecule has 0 bridgehead atoms. The largest absolute Gasteiger partial charge is 0.573 e. The monoisotopic (exact) mass is 344 g/mol. The Morgan fingerprint density at radius 3 is 2.46 bits per heavy atom. The van der Waals surface area contributed by atoms with Crippen LogP contribution in [0.1, 0.15) is 23.2 Å². The van der Waals surface area contributed by atoms with Crippen molar-refractivity contribution in [2.45, 2.75) is 31.3 Å². The van der Waals surface area contributed by atoms with Crippen molar-refractivity contribution in [1.82, 2.24) is 9.80 Å². The van der Waals surface area contributed by atoms with E-state index in [2.05, 4.69) is 9.64 Å². The molecule has 1 N–H and O–H groups in total. The smallest absolute Gasteiger partial charge is 0.406 e. The lowest BCUT2D eigenvalue weighted by Crippen LogP contribution is -2.58. The maximum Gasteiger partial charge on any atom is 0.573 e. The van der Waals surface area contributed by atoms with Gasteiger partial charge in [-0.3, -0.25) is 9.69 Å². The van der Waals surface area contributed by atoms with Gasteiger partial charge in [0.15, 0.2) is 0 Å². The van der Waals surface area contributed by atoms with Crippen LogP contribution in [0.15, 0.2) is 24.3 Å². The number of likely N-dealkylation sites (tertiary alicyclic amines) is 2. The van der Waals surface area contributed by atoms with Crippen LogP contribution in [0, 0.1) is 0 Å². The van der Waals surface area contributed by atoms with Gasteiger partial charge in [-0.2, -0.15) is 0 Å². The highest BCUT2D eigenvalue weighted by Gasteiger charge is 2.34. The minimum atomic E-state index is -4.78. The van der Waals surface area contributed by atoms with Gasteiger partial charge in [-0.25, -0.2) is 0 Å². The Morgan fingerprint density at radius 1 is 1.21 bits per heavy atom. The number of piperidine rings is 1. The lowest BCUT2D eigenvalue weighted by molar-refractivity contribution is -0.274. The van der Waals surface area contributed by atoms with Gasteiger partial charge >= 0.3 is 6.36 Å². The van der Waals surface area contributed by atoms with Crippen molar-refractivity contribution < 1.29 is 27.8 Å². The predicted molar refractivity (Wildman–Crippen MR) is 79.6 cm³/mol. The van der Waals surface area contributed by atoms with Crippen LogP contribution in [-0.2, 0) is 0 Å². The molecule has 2 aliphatic rings. The molecule has 2 aliphatic heterocycles. The van der Waals surface area contributed by atoms with Crippen molar-refractivity contribution >= 4 is 5.91 Å². The molecule has 132 valence electrons. The lowest BCUT2D eigenvalue weighted by Gasteiger charge is -2.45. The van der Waals surface area contributed by atoms with Gasteiger partial charge in [0.25, 0.3) is 5.91 Å². The second-order valence-corrected chi connectivity index (χ2v) is 6.21. The second-order valence-electron chi connectivity index (χ2n) is 6.21. The van der Waals surface area contributed by atoms with Crippen molar-refractivity contribution in [3.63, 3.8) is 0 Å². The lowest BCUT2D eigenvalue weighted by atomic mass is 9.98. The standard InChI is InChI=1S/C16H19F3N2O3/c17-16(18,19)24-14-3-1-2-11(8-14)15(23)20-6-4-12(5-7-20)21-9-13(22)10-21/h1-3,8,12-13,22H,4-7,9-10H2. The fourth-order valence-electron chi connectivity index (χ4n) is 3.23. The molecule has 8 heteroatoms. The van der Waals surface area contributed by atoms with Gasteiger partial charge in [-0.15, -0.1) is 13.2 Å². The minimum Gasteiger partial charge on any atom is -0.406 e. The molecule has 0 spiro atoms. The summed E-state index contributed by atoms with van der Waals surface area (Å²) in [5.74, 6) is -0.678. The summed E-state index contributed by atoms with van der Waals surface area (Å²) in [5.41, 5.74) is 0.189. The van der Waals surface area contributed by atoms with E-state index in [1.54, 1.807) is 4.90 Å². The van der Waals surface area contributed by atoms with Crippen LogP contribution >= 0.6 is 0 Å². The van der Waals surface area contributed by atoms with Crippen LogP contribution in [0.3, 0.4) is 0 Å². The molecule has 2 heterocycles. The highest BCUT2D eigenvalue weighted by molar-refractivity contribution is 5.94. The first-order valence-electron chi connectivity index (χ1n) is 7.89. The molecule has 1 aromatic carbocycles. The zero-order valence-electron chi connectivity index (χ0n) is 13.0. The van der Waals surface area contributed by atoms with E-state index in [4.69, 9.17) is 0 Å². The van der Waals surface area contributed by atoms with E-state index >= 15 is 0 Å². The van der Waals surface area contributed by atoms with Gasteiger partial charge in [-0.1, -0.05) is 6.07 Å². The Balaban J connectivity index is 1.58. The van der Waals surface area contributed by atoms with Crippen molar-refractivity contribution in [3.05, 3.63) is 29.8 Å². The van der Waals surface area contributed by atoms with E-state index in [1.807, 2.05) is 0 Å². The number of aliphatic hydroxyl groups excluding tert-OH is 1. The van der Waals surface area contributed by atoms with Crippen LogP contribution < -0.4 is 4.74 Å². The van der Waals surface area contributed by atoms with E-state index in [-0.39, 0.29) is 17.6 Å². The molecule has 0 aromatic heterocycles. The fourth-order valence-corrected chi connectivity index (χ4v) is 3.23. The molecular formula is C16H19F3N2O3. The molecule has 1 aromatic rings. The summed E-state index contributed by atoms with van der Waals surface area (Å²) in [4.78, 5) is 16.3. The average Bonchev–Trinajstić information content (AvgIpc) is 2.50. The highest BCUT2D eigenvalue weighted by atomic mass is 19.4. The zero-order valence-corrected chi connectivity index (χ0v) is 13.0. The zero-order chi connectivity index (χ0) is 17.3. The minimum absolute atomic E-state index is 0.189. The van der Waals surface area contributed by atoms with Crippen molar-refractivity contribution in [2.24, 2.45) is 0 Å². The maximum absolute atomic E-state index is 12.5. The molecule has 0 unspecified atom stereocenters. The Morgan fingerprint density at radius 2 is 1.88 bits per heavy atom. The van der Waals surface area contributed by atoms with E-state index in [0.29, 0.717) is 32.2 Å². The van der Waals surface area contributed by atoms with E-state index in [0.717, 1.165) is 18.9 Å².